The second-order valence-corrected chi connectivity index (χ2v) is 5.37. The third-order valence-corrected chi connectivity index (χ3v) is 3.78. The Kier molecular flexibility index (Phi) is 5.89. The highest BCUT2D eigenvalue weighted by atomic mass is 16.7. The highest BCUT2D eigenvalue weighted by molar-refractivity contribution is 5.73. The van der Waals surface area contributed by atoms with Crippen LogP contribution in [0.5, 0.6) is 17.2 Å². The zero-order chi connectivity index (χ0) is 15.9. The minimum absolute atomic E-state index is 0.104. The molecule has 1 aliphatic rings. The molecule has 6 heteroatoms. The van der Waals surface area contributed by atoms with Gasteiger partial charge in [0.25, 0.3) is 0 Å². The summed E-state index contributed by atoms with van der Waals surface area (Å²) in [7, 11) is 0. The third-order valence-electron chi connectivity index (χ3n) is 3.78. The second kappa shape index (κ2) is 7.89. The molecular weight excluding hydrogens is 286 g/mol. The molecule has 1 heterocycles. The first-order valence-electron chi connectivity index (χ1n) is 7.60. The van der Waals surface area contributed by atoms with E-state index in [0.717, 1.165) is 24.3 Å². The van der Waals surface area contributed by atoms with Gasteiger partial charge in [0.2, 0.25) is 6.79 Å². The van der Waals surface area contributed by atoms with Crippen LogP contribution in [0.4, 0.5) is 0 Å². The fourth-order valence-corrected chi connectivity index (χ4v) is 2.25. The van der Waals surface area contributed by atoms with Gasteiger partial charge in [0, 0.05) is 6.07 Å². The van der Waals surface area contributed by atoms with E-state index >= 15 is 0 Å². The van der Waals surface area contributed by atoms with Crippen molar-refractivity contribution in [3.05, 3.63) is 18.2 Å². The number of benzene rings is 1. The van der Waals surface area contributed by atoms with Crippen molar-refractivity contribution in [2.24, 2.45) is 5.92 Å². The van der Waals surface area contributed by atoms with Gasteiger partial charge < -0.3 is 24.6 Å². The number of hydrogen-bond acceptors (Lipinski definition) is 5. The molecule has 2 N–H and O–H groups in total. The predicted molar refractivity (Wildman–Crippen MR) is 81.6 cm³/mol. The molecule has 122 valence electrons. The fraction of sp³-hybridized carbons (Fsp3) is 0.562. The molecule has 0 spiro atoms. The Balaban J connectivity index is 1.69. The minimum Gasteiger partial charge on any atom is -0.493 e. The predicted octanol–water partition coefficient (Wildman–Crippen LogP) is 2.27. The largest absolute Gasteiger partial charge is 0.493 e. The quantitative estimate of drug-likeness (QED) is 0.682. The van der Waals surface area contributed by atoms with Gasteiger partial charge in [-0.1, -0.05) is 20.3 Å². The molecule has 0 bridgehead atoms. The van der Waals surface area contributed by atoms with Crippen molar-refractivity contribution < 1.29 is 24.1 Å². The molecule has 1 aliphatic heterocycles. The average molecular weight is 309 g/mol. The molecule has 1 aromatic rings. The van der Waals surface area contributed by atoms with Gasteiger partial charge in [-0.05, 0) is 31.0 Å². The number of hydrogen-bond donors (Lipinski definition) is 2. The van der Waals surface area contributed by atoms with Gasteiger partial charge in [-0.3, -0.25) is 4.79 Å². The first-order chi connectivity index (χ1) is 10.6. The van der Waals surface area contributed by atoms with Crippen molar-refractivity contribution in [2.75, 3.05) is 19.9 Å². The number of carbonyl (C=O) groups is 1. The lowest BCUT2D eigenvalue weighted by Crippen LogP contribution is -2.42. The monoisotopic (exact) mass is 309 g/mol. The van der Waals surface area contributed by atoms with Crippen LogP contribution in [-0.4, -0.2) is 37.1 Å². The lowest BCUT2D eigenvalue weighted by molar-refractivity contribution is -0.140. The molecule has 2 rings (SSSR count). The van der Waals surface area contributed by atoms with Gasteiger partial charge in [0.1, 0.15) is 11.8 Å². The Labute approximate surface area is 130 Å². The van der Waals surface area contributed by atoms with Gasteiger partial charge in [-0.2, -0.15) is 0 Å². The highest BCUT2D eigenvalue weighted by Gasteiger charge is 2.22. The second-order valence-electron chi connectivity index (χ2n) is 5.37. The highest BCUT2D eigenvalue weighted by Crippen LogP contribution is 2.35. The zero-order valence-electron chi connectivity index (χ0n) is 13.0. The summed E-state index contributed by atoms with van der Waals surface area (Å²) >= 11 is 0. The van der Waals surface area contributed by atoms with E-state index in [9.17, 15) is 9.90 Å². The van der Waals surface area contributed by atoms with Crippen LogP contribution in [0, 0.1) is 5.92 Å². The van der Waals surface area contributed by atoms with Crippen LogP contribution in [0.15, 0.2) is 18.2 Å². The van der Waals surface area contributed by atoms with Crippen molar-refractivity contribution in [3.63, 3.8) is 0 Å². The number of carboxylic acid groups (broad SMARTS) is 1. The lowest BCUT2D eigenvalue weighted by Gasteiger charge is -2.20. The van der Waals surface area contributed by atoms with Crippen molar-refractivity contribution >= 4 is 5.97 Å². The molecule has 0 unspecified atom stereocenters. The van der Waals surface area contributed by atoms with Crippen molar-refractivity contribution in [1.82, 2.24) is 5.32 Å². The molecule has 0 amide bonds. The average Bonchev–Trinajstić information content (AvgIpc) is 2.97. The van der Waals surface area contributed by atoms with Gasteiger partial charge in [0.15, 0.2) is 11.5 Å². The zero-order valence-corrected chi connectivity index (χ0v) is 13.0. The number of ether oxygens (including phenoxy) is 3. The van der Waals surface area contributed by atoms with Crippen molar-refractivity contribution in [2.45, 2.75) is 32.7 Å². The van der Waals surface area contributed by atoms with Gasteiger partial charge in [-0.25, -0.2) is 0 Å². The molecule has 0 aromatic heterocycles. The van der Waals surface area contributed by atoms with Crippen LogP contribution in [0.1, 0.15) is 26.7 Å². The molecule has 0 saturated heterocycles. The first kappa shape index (κ1) is 16.4. The Morgan fingerprint density at radius 3 is 2.91 bits per heavy atom. The van der Waals surface area contributed by atoms with Crippen LogP contribution in [0.25, 0.3) is 0 Å². The third kappa shape index (κ3) is 4.27. The molecule has 0 fully saturated rings. The van der Waals surface area contributed by atoms with E-state index in [-0.39, 0.29) is 12.7 Å². The molecule has 22 heavy (non-hydrogen) atoms. The molecule has 0 aliphatic carbocycles. The smallest absolute Gasteiger partial charge is 0.320 e. The summed E-state index contributed by atoms with van der Waals surface area (Å²) in [5.41, 5.74) is 0. The van der Waals surface area contributed by atoms with Crippen molar-refractivity contribution in [3.8, 4) is 17.2 Å². The van der Waals surface area contributed by atoms with Crippen LogP contribution < -0.4 is 19.5 Å². The SMILES string of the molecule is CC[C@H](C)[C@H](NCCCOc1ccc2c(c1)OCO2)C(=O)O. The Hall–Kier alpha value is -1.95. The van der Waals surface area contributed by atoms with Crippen LogP contribution >= 0.6 is 0 Å². The standard InChI is InChI=1S/C16H23NO5/c1-3-11(2)15(16(18)19)17-7-4-8-20-12-5-6-13-14(9-12)22-10-21-13/h5-6,9,11,15,17H,3-4,7-8,10H2,1-2H3,(H,18,19)/t11-,15-/m0/s1. The van der Waals surface area contributed by atoms with E-state index in [2.05, 4.69) is 5.32 Å². The van der Waals surface area contributed by atoms with E-state index in [4.69, 9.17) is 14.2 Å². The minimum atomic E-state index is -0.800. The fourth-order valence-electron chi connectivity index (χ4n) is 2.25. The van der Waals surface area contributed by atoms with E-state index < -0.39 is 12.0 Å². The van der Waals surface area contributed by atoms with Gasteiger partial charge in [0.05, 0.1) is 6.61 Å². The molecule has 6 nitrogen and oxygen atoms in total. The maximum Gasteiger partial charge on any atom is 0.320 e. The van der Waals surface area contributed by atoms with E-state index in [1.165, 1.54) is 0 Å². The number of nitrogens with one attached hydrogen (secondary N) is 1. The van der Waals surface area contributed by atoms with Crippen molar-refractivity contribution in [1.29, 1.82) is 0 Å². The summed E-state index contributed by atoms with van der Waals surface area (Å²) in [5.74, 6) is 1.45. The summed E-state index contributed by atoms with van der Waals surface area (Å²) in [6, 6.07) is 4.95. The number of rotatable bonds is 9. The number of fused-ring (bicyclic) bond motifs is 1. The summed E-state index contributed by atoms with van der Waals surface area (Å²) in [4.78, 5) is 11.2. The Morgan fingerprint density at radius 2 is 2.18 bits per heavy atom. The van der Waals surface area contributed by atoms with Crippen LogP contribution in [-0.2, 0) is 4.79 Å². The van der Waals surface area contributed by atoms with E-state index in [1.807, 2.05) is 26.0 Å². The summed E-state index contributed by atoms with van der Waals surface area (Å²) < 4.78 is 16.2. The summed E-state index contributed by atoms with van der Waals surface area (Å²) in [6.07, 6.45) is 1.56. The molecular formula is C16H23NO5. The van der Waals surface area contributed by atoms with Crippen LogP contribution in [0.2, 0.25) is 0 Å². The maximum atomic E-state index is 11.2. The van der Waals surface area contributed by atoms with E-state index in [1.54, 1.807) is 6.07 Å². The van der Waals surface area contributed by atoms with E-state index in [0.29, 0.717) is 18.9 Å². The van der Waals surface area contributed by atoms with Gasteiger partial charge in [-0.15, -0.1) is 0 Å². The Bertz CT molecular complexity index is 505. The van der Waals surface area contributed by atoms with Crippen LogP contribution in [0.3, 0.4) is 0 Å². The maximum absolute atomic E-state index is 11.2. The number of carboxylic acids is 1. The topological polar surface area (TPSA) is 77.0 Å². The molecule has 2 atom stereocenters. The number of aliphatic carboxylic acids is 1. The molecule has 1 aromatic carbocycles. The van der Waals surface area contributed by atoms with Gasteiger partial charge >= 0.3 is 5.97 Å². The summed E-state index contributed by atoms with van der Waals surface area (Å²) in [6.45, 7) is 5.29. The Morgan fingerprint density at radius 1 is 1.41 bits per heavy atom. The summed E-state index contributed by atoms with van der Waals surface area (Å²) in [5, 5.41) is 12.3. The first-order valence-corrected chi connectivity index (χ1v) is 7.60. The molecule has 0 saturated carbocycles. The molecule has 0 radical (unpaired) electrons. The lowest BCUT2D eigenvalue weighted by atomic mass is 9.99. The normalized spacial score (nSPS) is 15.4.